The van der Waals surface area contributed by atoms with Crippen LogP contribution in [0.5, 0.6) is 5.75 Å². The van der Waals surface area contributed by atoms with E-state index in [2.05, 4.69) is 26.0 Å². The fourth-order valence-electron chi connectivity index (χ4n) is 3.21. The molecule has 0 radical (unpaired) electrons. The SMILES string of the molecule is Cc1cccc(C)c1OC1CCN(C(=O)Cn2ccccc2=O)CC1. The van der Waals surface area contributed by atoms with Gasteiger partial charge in [0, 0.05) is 38.2 Å². The molecule has 0 spiro atoms. The van der Waals surface area contributed by atoms with E-state index < -0.39 is 0 Å². The lowest BCUT2D eigenvalue weighted by molar-refractivity contribution is -0.133. The van der Waals surface area contributed by atoms with E-state index in [9.17, 15) is 9.59 Å². The van der Waals surface area contributed by atoms with Gasteiger partial charge in [0.25, 0.3) is 5.56 Å². The fraction of sp³-hybridized carbons (Fsp3) is 0.400. The van der Waals surface area contributed by atoms with Gasteiger partial charge in [-0.25, -0.2) is 0 Å². The van der Waals surface area contributed by atoms with Gasteiger partial charge < -0.3 is 14.2 Å². The molecule has 0 aliphatic carbocycles. The Morgan fingerprint density at radius 1 is 1.08 bits per heavy atom. The number of rotatable bonds is 4. The molecular formula is C20H24N2O3. The normalized spacial score (nSPS) is 15.2. The van der Waals surface area contributed by atoms with E-state index in [0.717, 1.165) is 29.7 Å². The van der Waals surface area contributed by atoms with Gasteiger partial charge in [0.05, 0.1) is 0 Å². The highest BCUT2D eigenvalue weighted by atomic mass is 16.5. The molecule has 0 unspecified atom stereocenters. The summed E-state index contributed by atoms with van der Waals surface area (Å²) in [6.07, 6.45) is 3.40. The molecule has 1 aliphatic heterocycles. The summed E-state index contributed by atoms with van der Waals surface area (Å²) >= 11 is 0. The van der Waals surface area contributed by atoms with Crippen LogP contribution in [0.25, 0.3) is 0 Å². The predicted octanol–water partition coefficient (Wildman–Crippen LogP) is 2.54. The number of carbonyl (C=O) groups is 1. The second-order valence-electron chi connectivity index (χ2n) is 6.59. The summed E-state index contributed by atoms with van der Waals surface area (Å²) < 4.78 is 7.64. The third kappa shape index (κ3) is 4.10. The molecule has 5 heteroatoms. The number of likely N-dealkylation sites (tertiary alicyclic amines) is 1. The quantitative estimate of drug-likeness (QED) is 0.859. The molecule has 2 heterocycles. The van der Waals surface area contributed by atoms with Crippen LogP contribution < -0.4 is 10.3 Å². The van der Waals surface area contributed by atoms with Crippen LogP contribution in [-0.4, -0.2) is 34.6 Å². The van der Waals surface area contributed by atoms with Gasteiger partial charge in [0.2, 0.25) is 5.91 Å². The van der Waals surface area contributed by atoms with Crippen molar-refractivity contribution < 1.29 is 9.53 Å². The first kappa shape index (κ1) is 17.3. The predicted molar refractivity (Wildman–Crippen MR) is 96.8 cm³/mol. The monoisotopic (exact) mass is 340 g/mol. The van der Waals surface area contributed by atoms with Crippen LogP contribution in [0.1, 0.15) is 24.0 Å². The summed E-state index contributed by atoms with van der Waals surface area (Å²) in [7, 11) is 0. The molecule has 0 bridgehead atoms. The minimum absolute atomic E-state index is 0.0150. The van der Waals surface area contributed by atoms with E-state index in [1.807, 2.05) is 11.0 Å². The smallest absolute Gasteiger partial charge is 0.250 e. The van der Waals surface area contributed by atoms with Gasteiger partial charge in [0.1, 0.15) is 18.4 Å². The lowest BCUT2D eigenvalue weighted by Crippen LogP contribution is -2.44. The lowest BCUT2D eigenvalue weighted by atomic mass is 10.1. The summed E-state index contributed by atoms with van der Waals surface area (Å²) in [6, 6.07) is 11.1. The number of amides is 1. The summed E-state index contributed by atoms with van der Waals surface area (Å²) in [5.41, 5.74) is 2.13. The van der Waals surface area contributed by atoms with Crippen LogP contribution in [0, 0.1) is 13.8 Å². The largest absolute Gasteiger partial charge is 0.490 e. The number of para-hydroxylation sites is 1. The molecule has 5 nitrogen and oxygen atoms in total. The highest BCUT2D eigenvalue weighted by Crippen LogP contribution is 2.26. The van der Waals surface area contributed by atoms with Crippen LogP contribution in [0.15, 0.2) is 47.4 Å². The Morgan fingerprint density at radius 3 is 2.40 bits per heavy atom. The topological polar surface area (TPSA) is 51.5 Å². The van der Waals surface area contributed by atoms with Crippen molar-refractivity contribution in [2.24, 2.45) is 0 Å². The number of aromatic nitrogens is 1. The summed E-state index contributed by atoms with van der Waals surface area (Å²) in [5.74, 6) is 0.946. The average molecular weight is 340 g/mol. The zero-order chi connectivity index (χ0) is 17.8. The molecule has 1 saturated heterocycles. The van der Waals surface area contributed by atoms with Crippen LogP contribution in [0.3, 0.4) is 0 Å². The van der Waals surface area contributed by atoms with Crippen molar-refractivity contribution in [1.29, 1.82) is 0 Å². The molecule has 0 atom stereocenters. The number of nitrogens with zero attached hydrogens (tertiary/aromatic N) is 2. The number of ether oxygens (including phenoxy) is 1. The zero-order valence-electron chi connectivity index (χ0n) is 14.8. The Bertz CT molecular complexity index is 784. The Morgan fingerprint density at radius 2 is 1.76 bits per heavy atom. The van der Waals surface area contributed by atoms with Crippen LogP contribution in [0.2, 0.25) is 0 Å². The third-order valence-electron chi connectivity index (χ3n) is 4.69. The van der Waals surface area contributed by atoms with Crippen molar-refractivity contribution in [3.05, 3.63) is 64.1 Å². The first-order valence-corrected chi connectivity index (χ1v) is 8.70. The van der Waals surface area contributed by atoms with Gasteiger partial charge in [0.15, 0.2) is 0 Å². The second kappa shape index (κ2) is 7.55. The van der Waals surface area contributed by atoms with Crippen LogP contribution in [-0.2, 0) is 11.3 Å². The molecule has 3 rings (SSSR count). The number of carbonyl (C=O) groups excluding carboxylic acids is 1. The molecule has 1 aromatic carbocycles. The van der Waals surface area contributed by atoms with Crippen LogP contribution in [0.4, 0.5) is 0 Å². The number of aryl methyl sites for hydroxylation is 2. The number of benzene rings is 1. The highest BCUT2D eigenvalue weighted by Gasteiger charge is 2.24. The Hall–Kier alpha value is -2.56. The van der Waals surface area contributed by atoms with Crippen molar-refractivity contribution in [1.82, 2.24) is 9.47 Å². The summed E-state index contributed by atoms with van der Waals surface area (Å²) in [6.45, 7) is 5.53. The minimum atomic E-state index is -0.149. The molecular weight excluding hydrogens is 316 g/mol. The summed E-state index contributed by atoms with van der Waals surface area (Å²) in [5, 5.41) is 0. The number of piperidine rings is 1. The molecule has 0 saturated carbocycles. The Kier molecular flexibility index (Phi) is 5.22. The van der Waals surface area contributed by atoms with Crippen LogP contribution >= 0.6 is 0 Å². The van der Waals surface area contributed by atoms with E-state index in [1.165, 1.54) is 10.6 Å². The van der Waals surface area contributed by atoms with Gasteiger partial charge in [-0.2, -0.15) is 0 Å². The fourth-order valence-corrected chi connectivity index (χ4v) is 3.21. The number of hydrogen-bond donors (Lipinski definition) is 0. The Balaban J connectivity index is 1.56. The number of hydrogen-bond acceptors (Lipinski definition) is 3. The first-order valence-electron chi connectivity index (χ1n) is 8.70. The van der Waals surface area contributed by atoms with E-state index >= 15 is 0 Å². The zero-order valence-corrected chi connectivity index (χ0v) is 14.8. The van der Waals surface area contributed by atoms with Crippen molar-refractivity contribution in [2.45, 2.75) is 39.3 Å². The lowest BCUT2D eigenvalue weighted by Gasteiger charge is -2.33. The van der Waals surface area contributed by atoms with Gasteiger partial charge in [-0.05, 0) is 31.0 Å². The molecule has 0 N–H and O–H groups in total. The standard InChI is InChI=1S/C20H24N2O3/c1-15-6-5-7-16(2)20(15)25-17-9-12-21(13-10-17)19(24)14-22-11-4-3-8-18(22)23/h3-8,11,17H,9-10,12-14H2,1-2H3. The van der Waals surface area contributed by atoms with Gasteiger partial charge in [-0.3, -0.25) is 9.59 Å². The molecule has 1 aliphatic rings. The minimum Gasteiger partial charge on any atom is -0.490 e. The van der Waals surface area contributed by atoms with Gasteiger partial charge >= 0.3 is 0 Å². The maximum absolute atomic E-state index is 12.4. The molecule has 1 aromatic heterocycles. The molecule has 25 heavy (non-hydrogen) atoms. The molecule has 2 aromatic rings. The van der Waals surface area contributed by atoms with Crippen molar-refractivity contribution in [3.63, 3.8) is 0 Å². The summed E-state index contributed by atoms with van der Waals surface area (Å²) in [4.78, 5) is 26.0. The maximum atomic E-state index is 12.4. The average Bonchev–Trinajstić information content (AvgIpc) is 2.61. The molecule has 1 amide bonds. The first-order chi connectivity index (χ1) is 12.0. The number of pyridine rings is 1. The molecule has 1 fully saturated rings. The molecule has 132 valence electrons. The Labute approximate surface area is 147 Å². The van der Waals surface area contributed by atoms with E-state index in [4.69, 9.17) is 4.74 Å². The highest BCUT2D eigenvalue weighted by molar-refractivity contribution is 5.76. The van der Waals surface area contributed by atoms with Gasteiger partial charge in [-0.1, -0.05) is 24.3 Å². The maximum Gasteiger partial charge on any atom is 0.250 e. The van der Waals surface area contributed by atoms with E-state index in [1.54, 1.807) is 18.3 Å². The van der Waals surface area contributed by atoms with Crippen molar-refractivity contribution >= 4 is 5.91 Å². The van der Waals surface area contributed by atoms with E-state index in [-0.39, 0.29) is 24.1 Å². The van der Waals surface area contributed by atoms with Crippen molar-refractivity contribution in [2.75, 3.05) is 13.1 Å². The van der Waals surface area contributed by atoms with Crippen molar-refractivity contribution in [3.8, 4) is 5.75 Å². The van der Waals surface area contributed by atoms with Gasteiger partial charge in [-0.15, -0.1) is 0 Å². The van der Waals surface area contributed by atoms with E-state index in [0.29, 0.717) is 13.1 Å². The third-order valence-corrected chi connectivity index (χ3v) is 4.69. The second-order valence-corrected chi connectivity index (χ2v) is 6.59.